The number of rotatable bonds is 7. The van der Waals surface area contributed by atoms with Crippen LogP contribution in [0, 0.1) is 5.92 Å². The Morgan fingerprint density at radius 2 is 1.87 bits per heavy atom. The first-order valence-electron chi connectivity index (χ1n) is 11.9. The highest BCUT2D eigenvalue weighted by Crippen LogP contribution is 2.28. The third-order valence-corrected chi connectivity index (χ3v) is 7.73. The molecule has 7 nitrogen and oxygen atoms in total. The first-order chi connectivity index (χ1) is 15.2. The highest BCUT2D eigenvalue weighted by atomic mass is 32.1. The van der Waals surface area contributed by atoms with E-state index in [9.17, 15) is 4.79 Å². The molecule has 3 fully saturated rings. The Morgan fingerprint density at radius 1 is 1.10 bits per heavy atom. The molecular weight excluding hydrogens is 408 g/mol. The highest BCUT2D eigenvalue weighted by molar-refractivity contribution is 7.07. The summed E-state index contributed by atoms with van der Waals surface area (Å²) in [6.07, 6.45) is 5.74. The number of amides is 1. The number of carbonyl (C=O) groups excluding carboxylic acids is 1. The van der Waals surface area contributed by atoms with Gasteiger partial charge in [0, 0.05) is 77.9 Å². The molecule has 0 atom stereocenters. The van der Waals surface area contributed by atoms with Gasteiger partial charge in [-0.1, -0.05) is 6.42 Å². The summed E-state index contributed by atoms with van der Waals surface area (Å²) >= 11 is 1.78. The molecule has 3 aliphatic rings. The molecule has 0 unspecified atom stereocenters. The Kier molecular flexibility index (Phi) is 8.21. The fourth-order valence-corrected chi connectivity index (χ4v) is 5.36. The lowest BCUT2D eigenvalue weighted by Gasteiger charge is -2.38. The average Bonchev–Trinajstić information content (AvgIpc) is 3.26. The SMILES string of the molecule is CN=C(NCCN1CCN(C(=O)C2CCC2)CC1)NC1CCN(Cc2ccsc2)CC1. The number of likely N-dealkylation sites (tertiary alicyclic amines) is 1. The molecule has 172 valence electrons. The van der Waals surface area contributed by atoms with Crippen molar-refractivity contribution in [2.45, 2.75) is 44.7 Å². The molecule has 1 amide bonds. The second kappa shape index (κ2) is 11.3. The Hall–Kier alpha value is -1.64. The van der Waals surface area contributed by atoms with Gasteiger partial charge in [0.2, 0.25) is 5.91 Å². The molecule has 1 aromatic heterocycles. The minimum atomic E-state index is 0.324. The molecule has 0 aromatic carbocycles. The maximum atomic E-state index is 12.4. The van der Waals surface area contributed by atoms with Gasteiger partial charge in [-0.2, -0.15) is 11.3 Å². The molecule has 0 bridgehead atoms. The van der Waals surface area contributed by atoms with Crippen molar-refractivity contribution in [1.29, 1.82) is 0 Å². The van der Waals surface area contributed by atoms with Crippen molar-refractivity contribution < 1.29 is 4.79 Å². The Labute approximate surface area is 190 Å². The minimum absolute atomic E-state index is 0.324. The lowest BCUT2D eigenvalue weighted by Crippen LogP contribution is -2.53. The standard InChI is InChI=1S/C23H38N6OS/c1-24-23(26-21-5-9-28(10-6-21)17-19-7-16-31-18-19)25-8-11-27-12-14-29(15-13-27)22(30)20-3-2-4-20/h7,16,18,20-21H,2-6,8-15,17H2,1H3,(H2,24,25,26). The van der Waals surface area contributed by atoms with E-state index in [1.54, 1.807) is 11.3 Å². The molecule has 2 saturated heterocycles. The number of piperazine rings is 1. The number of nitrogens with zero attached hydrogens (tertiary/aromatic N) is 4. The van der Waals surface area contributed by atoms with Crippen LogP contribution >= 0.6 is 11.3 Å². The van der Waals surface area contributed by atoms with Gasteiger partial charge in [0.25, 0.3) is 0 Å². The fraction of sp³-hybridized carbons (Fsp3) is 0.739. The van der Waals surface area contributed by atoms with E-state index in [-0.39, 0.29) is 0 Å². The van der Waals surface area contributed by atoms with Crippen LogP contribution in [0.4, 0.5) is 0 Å². The quantitative estimate of drug-likeness (QED) is 0.494. The highest BCUT2D eigenvalue weighted by Gasteiger charge is 2.31. The summed E-state index contributed by atoms with van der Waals surface area (Å²) in [5, 5.41) is 11.5. The van der Waals surface area contributed by atoms with Crippen LogP contribution in [0.25, 0.3) is 0 Å². The van der Waals surface area contributed by atoms with Gasteiger partial charge in [-0.05, 0) is 48.1 Å². The first-order valence-corrected chi connectivity index (χ1v) is 12.9. The van der Waals surface area contributed by atoms with E-state index in [1.807, 2.05) is 7.05 Å². The molecule has 1 aromatic rings. The van der Waals surface area contributed by atoms with Crippen molar-refractivity contribution in [2.75, 3.05) is 59.4 Å². The zero-order valence-corrected chi connectivity index (χ0v) is 19.7. The van der Waals surface area contributed by atoms with Crippen LogP contribution in [0.15, 0.2) is 21.8 Å². The molecule has 1 saturated carbocycles. The number of guanidine groups is 1. The summed E-state index contributed by atoms with van der Waals surface area (Å²) in [5.74, 6) is 1.63. The summed E-state index contributed by atoms with van der Waals surface area (Å²) in [6, 6.07) is 2.72. The van der Waals surface area contributed by atoms with Crippen molar-refractivity contribution in [3.63, 3.8) is 0 Å². The van der Waals surface area contributed by atoms with E-state index in [1.165, 1.54) is 12.0 Å². The van der Waals surface area contributed by atoms with Crippen LogP contribution in [0.3, 0.4) is 0 Å². The van der Waals surface area contributed by atoms with Gasteiger partial charge in [0.1, 0.15) is 0 Å². The number of hydrogen-bond acceptors (Lipinski definition) is 5. The maximum Gasteiger partial charge on any atom is 0.225 e. The van der Waals surface area contributed by atoms with Crippen LogP contribution in [-0.4, -0.2) is 92.0 Å². The lowest BCUT2D eigenvalue weighted by atomic mass is 9.84. The van der Waals surface area contributed by atoms with Gasteiger partial charge in [0.05, 0.1) is 0 Å². The van der Waals surface area contributed by atoms with E-state index in [0.717, 1.165) is 90.5 Å². The molecule has 2 N–H and O–H groups in total. The summed E-state index contributed by atoms with van der Waals surface area (Å²) in [7, 11) is 1.85. The van der Waals surface area contributed by atoms with E-state index in [4.69, 9.17) is 0 Å². The number of aliphatic imine (C=N–C) groups is 1. The lowest BCUT2D eigenvalue weighted by molar-refractivity contribution is -0.139. The van der Waals surface area contributed by atoms with Crippen molar-refractivity contribution >= 4 is 23.2 Å². The number of thiophene rings is 1. The van der Waals surface area contributed by atoms with Crippen LogP contribution in [-0.2, 0) is 11.3 Å². The average molecular weight is 447 g/mol. The third kappa shape index (κ3) is 6.43. The minimum Gasteiger partial charge on any atom is -0.355 e. The summed E-state index contributed by atoms with van der Waals surface area (Å²) in [4.78, 5) is 23.9. The monoisotopic (exact) mass is 446 g/mol. The second-order valence-electron chi connectivity index (χ2n) is 9.12. The van der Waals surface area contributed by atoms with Gasteiger partial charge < -0.3 is 15.5 Å². The van der Waals surface area contributed by atoms with Gasteiger partial charge in [-0.25, -0.2) is 0 Å². The van der Waals surface area contributed by atoms with Gasteiger partial charge in [-0.15, -0.1) is 0 Å². The first kappa shape index (κ1) is 22.6. The number of nitrogens with one attached hydrogen (secondary N) is 2. The van der Waals surface area contributed by atoms with E-state index in [2.05, 4.69) is 47.2 Å². The van der Waals surface area contributed by atoms with Gasteiger partial charge in [0.15, 0.2) is 5.96 Å². The molecule has 4 rings (SSSR count). The molecular formula is C23H38N6OS. The normalized spacial score (nSPS) is 22.4. The topological polar surface area (TPSA) is 63.2 Å². The van der Waals surface area contributed by atoms with Crippen LogP contribution in [0.1, 0.15) is 37.7 Å². The van der Waals surface area contributed by atoms with Crippen molar-refractivity contribution in [3.8, 4) is 0 Å². The molecule has 0 radical (unpaired) electrons. The zero-order valence-electron chi connectivity index (χ0n) is 18.9. The van der Waals surface area contributed by atoms with Crippen molar-refractivity contribution in [3.05, 3.63) is 22.4 Å². The van der Waals surface area contributed by atoms with E-state index >= 15 is 0 Å². The van der Waals surface area contributed by atoms with Crippen molar-refractivity contribution in [1.82, 2.24) is 25.3 Å². The third-order valence-electron chi connectivity index (χ3n) is 7.00. The predicted molar refractivity (Wildman–Crippen MR) is 127 cm³/mol. The zero-order chi connectivity index (χ0) is 21.5. The summed E-state index contributed by atoms with van der Waals surface area (Å²) in [5.41, 5.74) is 1.43. The molecule has 3 heterocycles. The largest absolute Gasteiger partial charge is 0.355 e. The number of carbonyl (C=O) groups is 1. The molecule has 1 aliphatic carbocycles. The molecule has 0 spiro atoms. The Balaban J connectivity index is 1.09. The second-order valence-corrected chi connectivity index (χ2v) is 9.90. The number of piperidine rings is 1. The summed E-state index contributed by atoms with van der Waals surface area (Å²) < 4.78 is 0. The fourth-order valence-electron chi connectivity index (χ4n) is 4.70. The maximum absolute atomic E-state index is 12.4. The number of hydrogen-bond donors (Lipinski definition) is 2. The predicted octanol–water partition coefficient (Wildman–Crippen LogP) is 1.82. The summed E-state index contributed by atoms with van der Waals surface area (Å²) in [6.45, 7) is 8.94. The van der Waals surface area contributed by atoms with E-state index < -0.39 is 0 Å². The molecule has 8 heteroatoms. The van der Waals surface area contributed by atoms with Gasteiger partial charge >= 0.3 is 0 Å². The van der Waals surface area contributed by atoms with Crippen LogP contribution in [0.2, 0.25) is 0 Å². The van der Waals surface area contributed by atoms with Crippen molar-refractivity contribution in [2.24, 2.45) is 10.9 Å². The Bertz CT molecular complexity index is 704. The van der Waals surface area contributed by atoms with E-state index in [0.29, 0.717) is 17.9 Å². The smallest absolute Gasteiger partial charge is 0.225 e. The Morgan fingerprint density at radius 3 is 2.48 bits per heavy atom. The van der Waals surface area contributed by atoms with Crippen LogP contribution in [0.5, 0.6) is 0 Å². The molecule has 2 aliphatic heterocycles. The van der Waals surface area contributed by atoms with Crippen LogP contribution < -0.4 is 10.6 Å². The van der Waals surface area contributed by atoms with Gasteiger partial charge in [-0.3, -0.25) is 19.6 Å². The molecule has 31 heavy (non-hydrogen) atoms.